The highest BCUT2D eigenvalue weighted by Gasteiger charge is 2.53. The molecule has 0 heterocycles. The second kappa shape index (κ2) is 6.80. The van der Waals surface area contributed by atoms with Crippen molar-refractivity contribution in [1.82, 2.24) is 0 Å². The van der Waals surface area contributed by atoms with Gasteiger partial charge in [-0.15, -0.1) is 0 Å². The predicted molar refractivity (Wildman–Crippen MR) is 124 cm³/mol. The van der Waals surface area contributed by atoms with Crippen molar-refractivity contribution in [3.05, 3.63) is 124 Å². The lowest BCUT2D eigenvalue weighted by atomic mass is 9.64. The van der Waals surface area contributed by atoms with E-state index in [-0.39, 0.29) is 17.8 Å². The molecule has 1 nitrogen and oxygen atoms in total. The van der Waals surface area contributed by atoms with E-state index >= 15 is 0 Å². The van der Waals surface area contributed by atoms with Crippen LogP contribution in [0, 0.1) is 0 Å². The minimum absolute atomic E-state index is 0.118. The van der Waals surface area contributed by atoms with E-state index in [1.807, 2.05) is 0 Å². The molecule has 0 fully saturated rings. The van der Waals surface area contributed by atoms with Gasteiger partial charge in [0.05, 0.1) is 5.60 Å². The van der Waals surface area contributed by atoms with Crippen LogP contribution in [0.5, 0.6) is 0 Å². The van der Waals surface area contributed by atoms with Gasteiger partial charge in [-0.25, -0.2) is 0 Å². The maximum absolute atomic E-state index is 6.51. The van der Waals surface area contributed by atoms with Crippen molar-refractivity contribution in [2.75, 3.05) is 0 Å². The standard InChI is InChI=1S/C28H21OSi/c30-29-28(25-16-13-19-7-1-4-10-22(19)25,26-17-14-20-8-2-5-11-23(20)26)27-18-15-21-9-3-6-12-24(21)27/h1-18,25-27H. The average Bonchev–Trinajstić information content (AvgIpc) is 3.53. The first-order valence-corrected chi connectivity index (χ1v) is 10.9. The van der Waals surface area contributed by atoms with E-state index in [4.69, 9.17) is 4.43 Å². The highest BCUT2D eigenvalue weighted by Crippen LogP contribution is 2.58. The molecule has 0 amide bonds. The van der Waals surface area contributed by atoms with Gasteiger partial charge in [-0.2, -0.15) is 0 Å². The third-order valence-electron chi connectivity index (χ3n) is 7.03. The van der Waals surface area contributed by atoms with Gasteiger partial charge in [0.2, 0.25) is 10.5 Å². The van der Waals surface area contributed by atoms with Crippen LogP contribution in [0.25, 0.3) is 18.2 Å². The fraction of sp³-hybridized carbons (Fsp3) is 0.143. The Balaban J connectivity index is 1.60. The topological polar surface area (TPSA) is 9.23 Å². The highest BCUT2D eigenvalue weighted by molar-refractivity contribution is 5.99. The maximum atomic E-state index is 6.51. The maximum Gasteiger partial charge on any atom is 0.247 e. The van der Waals surface area contributed by atoms with Crippen molar-refractivity contribution in [2.24, 2.45) is 0 Å². The molecule has 30 heavy (non-hydrogen) atoms. The Morgan fingerprint density at radius 2 is 0.867 bits per heavy atom. The fourth-order valence-corrected chi connectivity index (χ4v) is 6.08. The Bertz CT molecular complexity index is 1070. The lowest BCUT2D eigenvalue weighted by molar-refractivity contribution is 0.0355. The largest absolute Gasteiger partial charge is 0.410 e. The zero-order valence-corrected chi connectivity index (χ0v) is 17.5. The van der Waals surface area contributed by atoms with Crippen molar-refractivity contribution in [1.29, 1.82) is 0 Å². The van der Waals surface area contributed by atoms with E-state index in [2.05, 4.69) is 120 Å². The van der Waals surface area contributed by atoms with Gasteiger partial charge in [-0.1, -0.05) is 109 Å². The SMILES string of the molecule is [Si]OC(C1C=Cc2ccccc21)(C1C=Cc2ccccc21)C1C=Cc2ccccc21. The Hall–Kier alpha value is -2.94. The molecule has 3 radical (unpaired) electrons. The Labute approximate surface area is 181 Å². The Morgan fingerprint density at radius 1 is 0.533 bits per heavy atom. The minimum Gasteiger partial charge on any atom is -0.410 e. The molecule has 0 saturated heterocycles. The van der Waals surface area contributed by atoms with E-state index in [9.17, 15) is 0 Å². The summed E-state index contributed by atoms with van der Waals surface area (Å²) in [5, 5.41) is 0. The first-order chi connectivity index (χ1) is 14.8. The van der Waals surface area contributed by atoms with Crippen LogP contribution in [0.3, 0.4) is 0 Å². The van der Waals surface area contributed by atoms with Crippen molar-refractivity contribution < 1.29 is 4.43 Å². The van der Waals surface area contributed by atoms with Gasteiger partial charge in [0.15, 0.2) is 0 Å². The molecule has 0 N–H and O–H groups in total. The van der Waals surface area contributed by atoms with Crippen molar-refractivity contribution in [2.45, 2.75) is 23.4 Å². The summed E-state index contributed by atoms with van der Waals surface area (Å²) in [6.07, 6.45) is 13.7. The molecular weight excluding hydrogens is 380 g/mol. The highest BCUT2D eigenvalue weighted by atomic mass is 28.2. The van der Waals surface area contributed by atoms with Crippen molar-refractivity contribution in [3.63, 3.8) is 0 Å². The number of benzene rings is 3. The van der Waals surface area contributed by atoms with Crippen molar-refractivity contribution in [3.8, 4) is 0 Å². The Kier molecular flexibility index (Phi) is 4.05. The minimum atomic E-state index is -0.536. The lowest BCUT2D eigenvalue weighted by Gasteiger charge is -2.47. The smallest absolute Gasteiger partial charge is 0.247 e. The molecule has 3 aliphatic carbocycles. The van der Waals surface area contributed by atoms with E-state index in [0.29, 0.717) is 0 Å². The molecule has 3 aromatic rings. The third kappa shape index (κ3) is 2.38. The zero-order valence-electron chi connectivity index (χ0n) is 16.5. The van der Waals surface area contributed by atoms with Gasteiger partial charge in [-0.3, -0.25) is 0 Å². The molecule has 6 rings (SSSR count). The first kappa shape index (κ1) is 17.9. The summed E-state index contributed by atoms with van der Waals surface area (Å²) in [7, 11) is 3.62. The van der Waals surface area contributed by atoms with Gasteiger partial charge >= 0.3 is 0 Å². The van der Waals surface area contributed by atoms with E-state index in [0.717, 1.165) is 0 Å². The van der Waals surface area contributed by atoms with Crippen LogP contribution in [0.1, 0.15) is 51.1 Å². The summed E-state index contributed by atoms with van der Waals surface area (Å²) >= 11 is 0. The predicted octanol–water partition coefficient (Wildman–Crippen LogP) is 6.26. The van der Waals surface area contributed by atoms with Crippen molar-refractivity contribution >= 4 is 28.7 Å². The van der Waals surface area contributed by atoms with E-state index in [1.165, 1.54) is 33.4 Å². The molecule has 3 aromatic carbocycles. The fourth-order valence-electron chi connectivity index (χ4n) is 5.70. The van der Waals surface area contributed by atoms with Crippen LogP contribution in [0.4, 0.5) is 0 Å². The quantitative estimate of drug-likeness (QED) is 0.469. The number of hydrogen-bond donors (Lipinski definition) is 0. The van der Waals surface area contributed by atoms with Gasteiger partial charge in [0, 0.05) is 17.8 Å². The summed E-state index contributed by atoms with van der Waals surface area (Å²) in [5.41, 5.74) is 7.28. The second-order valence-corrected chi connectivity index (χ2v) is 8.56. The van der Waals surface area contributed by atoms with E-state index < -0.39 is 5.60 Å². The Morgan fingerprint density at radius 3 is 1.20 bits per heavy atom. The number of rotatable bonds is 4. The van der Waals surface area contributed by atoms with Crippen LogP contribution in [-0.2, 0) is 4.43 Å². The summed E-state index contributed by atoms with van der Waals surface area (Å²) in [4.78, 5) is 0. The molecule has 2 heteroatoms. The van der Waals surface area contributed by atoms with E-state index in [1.54, 1.807) is 0 Å². The lowest BCUT2D eigenvalue weighted by Crippen LogP contribution is -2.47. The molecule has 3 unspecified atom stereocenters. The molecule has 0 bridgehead atoms. The molecule has 0 aromatic heterocycles. The van der Waals surface area contributed by atoms with Crippen LogP contribution in [0.15, 0.2) is 91.0 Å². The zero-order chi connectivity index (χ0) is 20.1. The molecular formula is C28H21OSi. The first-order valence-electron chi connectivity index (χ1n) is 10.5. The number of hydrogen-bond acceptors (Lipinski definition) is 1. The average molecular weight is 402 g/mol. The summed E-state index contributed by atoms with van der Waals surface area (Å²) in [5.74, 6) is 0.355. The van der Waals surface area contributed by atoms with Crippen LogP contribution in [-0.4, -0.2) is 16.1 Å². The van der Waals surface area contributed by atoms with Crippen LogP contribution in [0.2, 0.25) is 0 Å². The van der Waals surface area contributed by atoms with Crippen LogP contribution < -0.4 is 0 Å². The summed E-state index contributed by atoms with van der Waals surface area (Å²) < 4.78 is 6.51. The molecule has 143 valence electrons. The molecule has 0 aliphatic heterocycles. The van der Waals surface area contributed by atoms with Gasteiger partial charge in [-0.05, 0) is 33.4 Å². The molecule has 0 saturated carbocycles. The summed E-state index contributed by atoms with van der Waals surface area (Å²) in [6, 6.07) is 26.0. The van der Waals surface area contributed by atoms with Crippen LogP contribution >= 0.6 is 0 Å². The molecule has 0 spiro atoms. The molecule has 3 atom stereocenters. The van der Waals surface area contributed by atoms with Gasteiger partial charge < -0.3 is 4.43 Å². The normalized spacial score (nSPS) is 24.5. The third-order valence-corrected chi connectivity index (χ3v) is 7.39. The monoisotopic (exact) mass is 401 g/mol. The number of fused-ring (bicyclic) bond motifs is 3. The van der Waals surface area contributed by atoms with Gasteiger partial charge in [0.1, 0.15) is 0 Å². The second-order valence-electron chi connectivity index (χ2n) is 8.35. The summed E-state index contributed by atoms with van der Waals surface area (Å²) in [6.45, 7) is 0. The molecule has 3 aliphatic rings. The van der Waals surface area contributed by atoms with Gasteiger partial charge in [0.25, 0.3) is 0 Å².